The number of carboxylic acid groups (broad SMARTS) is 1. The summed E-state index contributed by atoms with van der Waals surface area (Å²) in [5.74, 6) is -0.937. The maximum absolute atomic E-state index is 12.3. The van der Waals surface area contributed by atoms with Crippen LogP contribution in [0.15, 0.2) is 9.59 Å². The van der Waals surface area contributed by atoms with Crippen molar-refractivity contribution in [3.8, 4) is 0 Å². The van der Waals surface area contributed by atoms with E-state index in [0.717, 1.165) is 15.0 Å². The Morgan fingerprint density at radius 1 is 1.37 bits per heavy atom. The van der Waals surface area contributed by atoms with Gasteiger partial charge in [-0.3, -0.25) is 19.1 Å². The van der Waals surface area contributed by atoms with Crippen molar-refractivity contribution in [3.63, 3.8) is 0 Å². The normalized spacial score (nSPS) is 11.1. The SMILES string of the molecule is Cc1sc2[nH]c(=O)n(CCCC(=O)O)c(=O)c2c1C. The van der Waals surface area contributed by atoms with E-state index in [4.69, 9.17) is 5.11 Å². The van der Waals surface area contributed by atoms with Crippen molar-refractivity contribution in [2.75, 3.05) is 0 Å². The minimum absolute atomic E-state index is 0.0639. The summed E-state index contributed by atoms with van der Waals surface area (Å²) in [4.78, 5) is 38.8. The number of thiophene rings is 1. The first-order valence-electron chi connectivity index (χ1n) is 5.86. The molecule has 2 aromatic heterocycles. The van der Waals surface area contributed by atoms with Crippen molar-refractivity contribution in [3.05, 3.63) is 31.3 Å². The number of nitrogens with zero attached hydrogens (tertiary/aromatic N) is 1. The van der Waals surface area contributed by atoms with Gasteiger partial charge in [-0.05, 0) is 25.8 Å². The molecule has 0 aliphatic heterocycles. The van der Waals surface area contributed by atoms with Gasteiger partial charge in [0.25, 0.3) is 5.56 Å². The monoisotopic (exact) mass is 282 g/mol. The minimum Gasteiger partial charge on any atom is -0.481 e. The summed E-state index contributed by atoms with van der Waals surface area (Å²) >= 11 is 1.38. The van der Waals surface area contributed by atoms with Crippen molar-refractivity contribution in [1.29, 1.82) is 0 Å². The number of hydrogen-bond acceptors (Lipinski definition) is 4. The van der Waals surface area contributed by atoms with E-state index in [1.807, 2.05) is 13.8 Å². The molecule has 2 heterocycles. The third kappa shape index (κ3) is 2.46. The van der Waals surface area contributed by atoms with Crippen molar-refractivity contribution >= 4 is 27.5 Å². The lowest BCUT2D eigenvalue weighted by Crippen LogP contribution is -2.35. The topological polar surface area (TPSA) is 92.2 Å². The standard InChI is InChI=1S/C12H14N2O4S/c1-6-7(2)19-10-9(6)11(17)14(12(18)13-10)5-3-4-8(15)16/h3-5H2,1-2H3,(H,13,18)(H,15,16). The predicted molar refractivity (Wildman–Crippen MR) is 73.0 cm³/mol. The van der Waals surface area contributed by atoms with Gasteiger partial charge in [0.05, 0.1) is 5.39 Å². The molecule has 0 saturated carbocycles. The Labute approximate surface area is 112 Å². The van der Waals surface area contributed by atoms with Crippen LogP contribution in [0, 0.1) is 13.8 Å². The fourth-order valence-electron chi connectivity index (χ4n) is 1.96. The second-order valence-electron chi connectivity index (χ2n) is 4.37. The summed E-state index contributed by atoms with van der Waals surface area (Å²) in [6, 6.07) is 0. The minimum atomic E-state index is -0.937. The lowest BCUT2D eigenvalue weighted by atomic mass is 10.2. The molecule has 0 bridgehead atoms. The van der Waals surface area contributed by atoms with E-state index in [1.54, 1.807) is 0 Å². The fourth-order valence-corrected chi connectivity index (χ4v) is 3.00. The third-order valence-corrected chi connectivity index (χ3v) is 4.20. The Balaban J connectivity index is 2.50. The number of aromatic amines is 1. The number of carbonyl (C=O) groups is 1. The van der Waals surface area contributed by atoms with Crippen molar-refractivity contribution in [1.82, 2.24) is 9.55 Å². The van der Waals surface area contributed by atoms with Crippen molar-refractivity contribution in [2.45, 2.75) is 33.2 Å². The van der Waals surface area contributed by atoms with Gasteiger partial charge >= 0.3 is 11.7 Å². The van der Waals surface area contributed by atoms with E-state index >= 15 is 0 Å². The van der Waals surface area contributed by atoms with E-state index < -0.39 is 11.7 Å². The molecule has 0 fully saturated rings. The number of fused-ring (bicyclic) bond motifs is 1. The summed E-state index contributed by atoms with van der Waals surface area (Å²) in [7, 11) is 0. The number of carboxylic acids is 1. The molecule has 0 amide bonds. The van der Waals surface area contributed by atoms with E-state index in [1.165, 1.54) is 11.3 Å². The predicted octanol–water partition coefficient (Wildman–Crippen LogP) is 1.23. The van der Waals surface area contributed by atoms with Crippen molar-refractivity contribution < 1.29 is 9.90 Å². The number of nitrogens with one attached hydrogen (secondary N) is 1. The molecule has 7 heteroatoms. The highest BCUT2D eigenvalue weighted by Crippen LogP contribution is 2.24. The lowest BCUT2D eigenvalue weighted by Gasteiger charge is -2.03. The number of aliphatic carboxylic acids is 1. The molecule has 0 unspecified atom stereocenters. The number of aromatic nitrogens is 2. The smallest absolute Gasteiger partial charge is 0.329 e. The van der Waals surface area contributed by atoms with Gasteiger partial charge in [-0.15, -0.1) is 11.3 Å². The zero-order chi connectivity index (χ0) is 14.2. The van der Waals surface area contributed by atoms with Gasteiger partial charge < -0.3 is 5.11 Å². The molecule has 0 spiro atoms. The first-order valence-corrected chi connectivity index (χ1v) is 6.68. The summed E-state index contributed by atoms with van der Waals surface area (Å²) in [5, 5.41) is 9.10. The molecule has 0 aliphatic carbocycles. The average Bonchev–Trinajstić information content (AvgIpc) is 2.59. The van der Waals surface area contributed by atoms with Crippen LogP contribution in [0.1, 0.15) is 23.3 Å². The molecular weight excluding hydrogens is 268 g/mol. The van der Waals surface area contributed by atoms with Gasteiger partial charge in [-0.25, -0.2) is 4.79 Å². The van der Waals surface area contributed by atoms with Crippen LogP contribution in [-0.2, 0) is 11.3 Å². The summed E-state index contributed by atoms with van der Waals surface area (Å²) in [5.41, 5.74) is 0.0448. The van der Waals surface area contributed by atoms with Crippen LogP contribution < -0.4 is 11.2 Å². The zero-order valence-corrected chi connectivity index (χ0v) is 11.5. The molecule has 0 saturated heterocycles. The summed E-state index contributed by atoms with van der Waals surface area (Å²) < 4.78 is 1.07. The Hall–Kier alpha value is -1.89. The van der Waals surface area contributed by atoms with E-state index in [-0.39, 0.29) is 24.9 Å². The van der Waals surface area contributed by atoms with Crippen LogP contribution in [-0.4, -0.2) is 20.6 Å². The van der Waals surface area contributed by atoms with Gasteiger partial charge in [0, 0.05) is 17.8 Å². The Kier molecular flexibility index (Phi) is 3.57. The molecule has 0 aliphatic rings. The van der Waals surface area contributed by atoms with Gasteiger partial charge in [-0.2, -0.15) is 0 Å². The summed E-state index contributed by atoms with van der Waals surface area (Å²) in [6.45, 7) is 3.85. The summed E-state index contributed by atoms with van der Waals surface area (Å²) in [6.07, 6.45) is 0.192. The second-order valence-corrected chi connectivity index (χ2v) is 5.60. The maximum Gasteiger partial charge on any atom is 0.329 e. The van der Waals surface area contributed by atoms with Crippen LogP contribution in [0.3, 0.4) is 0 Å². The van der Waals surface area contributed by atoms with Gasteiger partial charge in [0.15, 0.2) is 0 Å². The van der Waals surface area contributed by atoms with E-state index in [0.29, 0.717) is 10.2 Å². The van der Waals surface area contributed by atoms with Crippen LogP contribution in [0.5, 0.6) is 0 Å². The highest BCUT2D eigenvalue weighted by atomic mass is 32.1. The maximum atomic E-state index is 12.3. The highest BCUT2D eigenvalue weighted by molar-refractivity contribution is 7.18. The highest BCUT2D eigenvalue weighted by Gasteiger charge is 2.13. The molecule has 0 aromatic carbocycles. The average molecular weight is 282 g/mol. The number of H-pyrrole nitrogens is 1. The number of hydrogen-bond donors (Lipinski definition) is 2. The largest absolute Gasteiger partial charge is 0.481 e. The molecule has 0 atom stereocenters. The van der Waals surface area contributed by atoms with Crippen LogP contribution in [0.2, 0.25) is 0 Å². The molecule has 0 radical (unpaired) electrons. The third-order valence-electron chi connectivity index (χ3n) is 3.08. The molecule has 2 rings (SSSR count). The Morgan fingerprint density at radius 2 is 2.05 bits per heavy atom. The van der Waals surface area contributed by atoms with E-state index in [9.17, 15) is 14.4 Å². The lowest BCUT2D eigenvalue weighted by molar-refractivity contribution is -0.137. The van der Waals surface area contributed by atoms with Gasteiger partial charge in [-0.1, -0.05) is 0 Å². The first-order chi connectivity index (χ1) is 8.91. The van der Waals surface area contributed by atoms with Crippen molar-refractivity contribution in [2.24, 2.45) is 0 Å². The second kappa shape index (κ2) is 5.00. The Bertz CT molecular complexity index is 753. The van der Waals surface area contributed by atoms with Crippen LogP contribution in [0.4, 0.5) is 0 Å². The first kappa shape index (κ1) is 13.5. The molecule has 2 N–H and O–H groups in total. The molecule has 19 heavy (non-hydrogen) atoms. The fraction of sp³-hybridized carbons (Fsp3) is 0.417. The van der Waals surface area contributed by atoms with Gasteiger partial charge in [0.2, 0.25) is 0 Å². The van der Waals surface area contributed by atoms with Gasteiger partial charge in [0.1, 0.15) is 4.83 Å². The van der Waals surface area contributed by atoms with Crippen LogP contribution >= 0.6 is 11.3 Å². The molecular formula is C12H14N2O4S. The van der Waals surface area contributed by atoms with Crippen LogP contribution in [0.25, 0.3) is 10.2 Å². The molecule has 102 valence electrons. The quantitative estimate of drug-likeness (QED) is 0.882. The zero-order valence-electron chi connectivity index (χ0n) is 10.6. The number of rotatable bonds is 4. The van der Waals surface area contributed by atoms with E-state index in [2.05, 4.69) is 4.98 Å². The molecule has 6 nitrogen and oxygen atoms in total. The number of aryl methyl sites for hydroxylation is 2. The molecule has 2 aromatic rings. The Morgan fingerprint density at radius 3 is 2.68 bits per heavy atom.